The second kappa shape index (κ2) is 8.28. The molecule has 3 aromatic rings. The molecule has 0 fully saturated rings. The average molecular weight is 418 g/mol. The van der Waals surface area contributed by atoms with Crippen LogP contribution in [0, 0.1) is 0 Å². The maximum absolute atomic E-state index is 12.4. The van der Waals surface area contributed by atoms with Crippen LogP contribution >= 0.6 is 11.6 Å². The molecular weight excluding hydrogens is 404 g/mol. The lowest BCUT2D eigenvalue weighted by Crippen LogP contribution is -2.28. The number of hydrogen-bond acceptors (Lipinski definition) is 6. The van der Waals surface area contributed by atoms with Gasteiger partial charge in [0.05, 0.1) is 22.1 Å². The third kappa shape index (κ3) is 4.79. The molecule has 0 atom stereocenters. The highest BCUT2D eigenvalue weighted by Gasteiger charge is 2.13. The first-order chi connectivity index (χ1) is 13.3. The summed E-state index contributed by atoms with van der Waals surface area (Å²) in [6.45, 7) is -0.626. The van der Waals surface area contributed by atoms with Crippen molar-refractivity contribution < 1.29 is 23.1 Å². The van der Waals surface area contributed by atoms with Gasteiger partial charge >= 0.3 is 0 Å². The van der Waals surface area contributed by atoms with E-state index >= 15 is 0 Å². The van der Waals surface area contributed by atoms with Crippen LogP contribution in [0.15, 0.2) is 70.7 Å². The number of aliphatic carboxylic acids is 1. The van der Waals surface area contributed by atoms with E-state index in [-0.39, 0.29) is 15.7 Å². The molecule has 0 aliphatic heterocycles. The molecule has 3 aromatic carbocycles. The predicted octanol–water partition coefficient (Wildman–Crippen LogP) is 1.93. The number of carboxylic acids is 1. The molecule has 0 aliphatic rings. The Hall–Kier alpha value is -3.10. The molecule has 1 N–H and O–H groups in total. The molecule has 0 heterocycles. The first kappa shape index (κ1) is 19.7. The van der Waals surface area contributed by atoms with Crippen molar-refractivity contribution in [2.45, 2.75) is 4.90 Å². The van der Waals surface area contributed by atoms with Crippen LogP contribution in [-0.2, 0) is 14.8 Å². The van der Waals surface area contributed by atoms with Gasteiger partial charge in [-0.25, -0.2) is 4.83 Å². The van der Waals surface area contributed by atoms with Gasteiger partial charge in [0, 0.05) is 0 Å². The van der Waals surface area contributed by atoms with Gasteiger partial charge in [-0.05, 0) is 46.7 Å². The second-order valence-corrected chi connectivity index (χ2v) is 7.78. The topological polar surface area (TPSA) is 108 Å². The molecule has 0 radical (unpaired) electrons. The Morgan fingerprint density at radius 3 is 2.57 bits per heavy atom. The Morgan fingerprint density at radius 2 is 1.86 bits per heavy atom. The third-order valence-electron chi connectivity index (χ3n) is 3.72. The van der Waals surface area contributed by atoms with Gasteiger partial charge in [-0.3, -0.25) is 0 Å². The number of benzene rings is 3. The van der Waals surface area contributed by atoms with Crippen molar-refractivity contribution in [3.05, 3.63) is 71.2 Å². The second-order valence-electron chi connectivity index (χ2n) is 5.71. The molecule has 0 saturated carbocycles. The highest BCUT2D eigenvalue weighted by molar-refractivity contribution is 7.89. The molecule has 0 aliphatic carbocycles. The molecule has 0 amide bonds. The molecule has 0 bridgehead atoms. The first-order valence-electron chi connectivity index (χ1n) is 8.01. The van der Waals surface area contributed by atoms with E-state index in [1.54, 1.807) is 18.2 Å². The Morgan fingerprint density at radius 1 is 1.11 bits per heavy atom. The lowest BCUT2D eigenvalue weighted by atomic mass is 10.1. The number of ether oxygens (including phenoxy) is 1. The van der Waals surface area contributed by atoms with Crippen molar-refractivity contribution in [1.82, 2.24) is 4.83 Å². The van der Waals surface area contributed by atoms with Crippen LogP contribution in [0.1, 0.15) is 5.56 Å². The standard InChI is InChI=1S/C19H15ClN2O5S/c20-17-9-13(5-8-18(17)27-12-19(23)24)11-21-22-28(25,26)16-7-6-14-3-1-2-4-15(14)10-16/h1-11,22H,12H2,(H,23,24)/p-1/b21-11+. The largest absolute Gasteiger partial charge is 0.546 e. The van der Waals surface area contributed by atoms with E-state index < -0.39 is 22.6 Å². The van der Waals surface area contributed by atoms with Crippen LogP contribution in [0.5, 0.6) is 5.75 Å². The summed E-state index contributed by atoms with van der Waals surface area (Å²) in [5.41, 5.74) is 0.493. The van der Waals surface area contributed by atoms with Crippen LogP contribution in [-0.4, -0.2) is 27.2 Å². The minimum Gasteiger partial charge on any atom is -0.546 e. The lowest BCUT2D eigenvalue weighted by Gasteiger charge is -2.08. The van der Waals surface area contributed by atoms with E-state index in [2.05, 4.69) is 9.93 Å². The number of fused-ring (bicyclic) bond motifs is 1. The van der Waals surface area contributed by atoms with Crippen LogP contribution in [0.25, 0.3) is 10.8 Å². The molecular formula is C19H14ClN2O5S-. The summed E-state index contributed by atoms with van der Waals surface area (Å²) in [6, 6.07) is 16.7. The molecule has 28 heavy (non-hydrogen) atoms. The third-order valence-corrected chi connectivity index (χ3v) is 5.23. The van der Waals surface area contributed by atoms with E-state index in [0.717, 1.165) is 10.8 Å². The maximum atomic E-state index is 12.4. The number of carbonyl (C=O) groups is 1. The van der Waals surface area contributed by atoms with Crippen molar-refractivity contribution in [3.8, 4) is 5.75 Å². The van der Waals surface area contributed by atoms with Crippen LogP contribution in [0.4, 0.5) is 0 Å². The number of hydrogen-bond donors (Lipinski definition) is 1. The van der Waals surface area contributed by atoms with E-state index in [1.165, 1.54) is 24.4 Å². The number of halogens is 1. The fraction of sp³-hybridized carbons (Fsp3) is 0.0526. The van der Waals surface area contributed by atoms with Gasteiger partial charge in [0.15, 0.2) is 0 Å². The summed E-state index contributed by atoms with van der Waals surface area (Å²) >= 11 is 5.99. The van der Waals surface area contributed by atoms with Gasteiger partial charge in [0.2, 0.25) is 0 Å². The average Bonchev–Trinajstić information content (AvgIpc) is 2.66. The Bertz CT molecular complexity index is 1160. The minimum absolute atomic E-state index is 0.0902. The molecule has 9 heteroatoms. The fourth-order valence-electron chi connectivity index (χ4n) is 2.41. The van der Waals surface area contributed by atoms with Crippen molar-refractivity contribution in [1.29, 1.82) is 0 Å². The van der Waals surface area contributed by atoms with Gasteiger partial charge in [0.1, 0.15) is 12.4 Å². The van der Waals surface area contributed by atoms with Gasteiger partial charge in [-0.15, -0.1) is 0 Å². The Kier molecular flexibility index (Phi) is 5.81. The molecule has 7 nitrogen and oxygen atoms in total. The highest BCUT2D eigenvalue weighted by atomic mass is 35.5. The fourth-order valence-corrected chi connectivity index (χ4v) is 3.48. The quantitative estimate of drug-likeness (QED) is 0.467. The summed E-state index contributed by atoms with van der Waals surface area (Å²) < 4.78 is 29.8. The van der Waals surface area contributed by atoms with E-state index in [9.17, 15) is 18.3 Å². The Balaban J connectivity index is 1.72. The summed E-state index contributed by atoms with van der Waals surface area (Å²) in [4.78, 5) is 12.6. The van der Waals surface area contributed by atoms with Crippen LogP contribution in [0.2, 0.25) is 5.02 Å². The summed E-state index contributed by atoms with van der Waals surface area (Å²) in [7, 11) is -3.84. The summed E-state index contributed by atoms with van der Waals surface area (Å²) in [5, 5.41) is 16.0. The molecule has 3 rings (SSSR count). The first-order valence-corrected chi connectivity index (χ1v) is 9.87. The van der Waals surface area contributed by atoms with Crippen molar-refractivity contribution in [3.63, 3.8) is 0 Å². The number of nitrogens with one attached hydrogen (secondary N) is 1. The molecule has 144 valence electrons. The number of rotatable bonds is 7. The molecule has 0 aromatic heterocycles. The molecule has 0 saturated heterocycles. The number of carbonyl (C=O) groups excluding carboxylic acids is 1. The summed E-state index contributed by atoms with van der Waals surface area (Å²) in [5.74, 6) is -1.20. The monoisotopic (exact) mass is 417 g/mol. The van der Waals surface area contributed by atoms with Gasteiger partial charge in [-0.1, -0.05) is 41.9 Å². The van der Waals surface area contributed by atoms with Crippen LogP contribution < -0.4 is 14.7 Å². The van der Waals surface area contributed by atoms with E-state index in [4.69, 9.17) is 16.3 Å². The van der Waals surface area contributed by atoms with Gasteiger partial charge in [0.25, 0.3) is 10.0 Å². The zero-order valence-electron chi connectivity index (χ0n) is 14.3. The minimum atomic E-state index is -3.84. The van der Waals surface area contributed by atoms with Gasteiger partial charge in [-0.2, -0.15) is 13.5 Å². The molecule has 0 spiro atoms. The maximum Gasteiger partial charge on any atom is 0.276 e. The lowest BCUT2D eigenvalue weighted by molar-refractivity contribution is -0.307. The van der Waals surface area contributed by atoms with Crippen molar-refractivity contribution >= 4 is 44.6 Å². The normalized spacial score (nSPS) is 11.6. The van der Waals surface area contributed by atoms with Gasteiger partial charge < -0.3 is 14.6 Å². The predicted molar refractivity (Wildman–Crippen MR) is 104 cm³/mol. The zero-order chi connectivity index (χ0) is 20.1. The SMILES string of the molecule is O=C([O-])COc1ccc(/C=N/NS(=O)(=O)c2ccc3ccccc3c2)cc1Cl. The van der Waals surface area contributed by atoms with E-state index in [0.29, 0.717) is 5.56 Å². The van der Waals surface area contributed by atoms with Crippen LogP contribution in [0.3, 0.4) is 0 Å². The number of sulfonamides is 1. The smallest absolute Gasteiger partial charge is 0.276 e. The van der Waals surface area contributed by atoms with Crippen molar-refractivity contribution in [2.24, 2.45) is 5.10 Å². The molecule has 0 unspecified atom stereocenters. The summed E-state index contributed by atoms with van der Waals surface area (Å²) in [6.07, 6.45) is 1.27. The van der Waals surface area contributed by atoms with Crippen molar-refractivity contribution in [2.75, 3.05) is 6.61 Å². The zero-order valence-corrected chi connectivity index (χ0v) is 15.9. The number of hydrazone groups is 1. The number of nitrogens with zero attached hydrogens (tertiary/aromatic N) is 1. The highest BCUT2D eigenvalue weighted by Crippen LogP contribution is 2.25. The Labute approximate surface area is 166 Å². The van der Waals surface area contributed by atoms with E-state index in [1.807, 2.05) is 24.3 Å². The number of carboxylic acid groups (broad SMARTS) is 1.